The second-order valence-electron chi connectivity index (χ2n) is 11.5. The van der Waals surface area contributed by atoms with Gasteiger partial charge in [0.15, 0.2) is 17.3 Å². The zero-order valence-electron chi connectivity index (χ0n) is 22.3. The van der Waals surface area contributed by atoms with Crippen LogP contribution in [-0.2, 0) is 16.6 Å². The van der Waals surface area contributed by atoms with Gasteiger partial charge in [-0.15, -0.1) is 0 Å². The summed E-state index contributed by atoms with van der Waals surface area (Å²) in [6.07, 6.45) is 7.85. The summed E-state index contributed by atoms with van der Waals surface area (Å²) in [6, 6.07) is 14.0. The van der Waals surface area contributed by atoms with Crippen LogP contribution in [0.4, 0.5) is 0 Å². The van der Waals surface area contributed by atoms with E-state index in [1.54, 1.807) is 42.7 Å². The highest BCUT2D eigenvalue weighted by Gasteiger charge is 2.75. The molecule has 206 valence electrons. The second kappa shape index (κ2) is 9.08. The molecular formula is C32H32N2O6. The van der Waals surface area contributed by atoms with Gasteiger partial charge >= 0.3 is 0 Å². The Hall–Kier alpha value is -3.88. The number of carbonyl (C=O) groups is 2. The molecule has 2 fully saturated rings. The number of rotatable bonds is 6. The lowest BCUT2D eigenvalue weighted by atomic mass is 9.48. The number of Topliss-reactive ketones (excluding diaryl/α,β-unsaturated/α-hetero) is 1. The van der Waals surface area contributed by atoms with Gasteiger partial charge in [0.05, 0.1) is 24.0 Å². The number of hydrogen-bond donors (Lipinski definition) is 2. The molecule has 1 aromatic heterocycles. The molecule has 2 aromatic carbocycles. The molecule has 2 unspecified atom stereocenters. The number of likely N-dealkylation sites (tertiary alicyclic amines) is 1. The Morgan fingerprint density at radius 2 is 2.00 bits per heavy atom. The Morgan fingerprint density at radius 3 is 2.77 bits per heavy atom. The topological polar surface area (TPSA) is 103 Å². The lowest BCUT2D eigenvalue weighted by Crippen LogP contribution is -2.79. The smallest absolute Gasteiger partial charge is 0.246 e. The summed E-state index contributed by atoms with van der Waals surface area (Å²) in [7, 11) is 1.75. The summed E-state index contributed by atoms with van der Waals surface area (Å²) >= 11 is 0. The standard InChI is InChI=1S/C32H32N2O6/c1-33(25(36)10-7-21-13-18-39-19-21)23-11-14-32(38)29-27(37)22-8-9-24(35)28-26(22)31(32,30(23)40-28)15-17-34(29)16-12-20-5-3-2-4-6-20/h2-10,13,18-19,23,29-30,35,38H,11-12,14-17H2,1H3/b10-7+/t23?,29-,30?,31+,32-/m1/s1. The number of amides is 1. The third-order valence-electron chi connectivity index (χ3n) is 9.72. The lowest BCUT2D eigenvalue weighted by molar-refractivity contribution is -0.187. The Morgan fingerprint density at radius 1 is 1.18 bits per heavy atom. The van der Waals surface area contributed by atoms with Crippen LogP contribution in [0, 0.1) is 0 Å². The van der Waals surface area contributed by atoms with Crippen molar-refractivity contribution < 1.29 is 29.0 Å². The average molecular weight is 541 g/mol. The number of ether oxygens (including phenoxy) is 1. The van der Waals surface area contributed by atoms with E-state index in [1.165, 1.54) is 17.7 Å². The first-order valence-corrected chi connectivity index (χ1v) is 13.9. The van der Waals surface area contributed by atoms with Gasteiger partial charge in [-0.3, -0.25) is 14.5 Å². The van der Waals surface area contributed by atoms with E-state index in [-0.39, 0.29) is 29.2 Å². The molecule has 1 spiro atoms. The number of nitrogens with zero attached hydrogens (tertiary/aromatic N) is 2. The molecule has 5 atom stereocenters. The third-order valence-corrected chi connectivity index (χ3v) is 9.72. The fourth-order valence-electron chi connectivity index (χ4n) is 7.84. The predicted molar refractivity (Wildman–Crippen MR) is 147 cm³/mol. The first kappa shape index (κ1) is 25.1. The summed E-state index contributed by atoms with van der Waals surface area (Å²) in [5.41, 5.74) is 0.786. The minimum absolute atomic E-state index is 0.0461. The van der Waals surface area contributed by atoms with Crippen molar-refractivity contribution >= 4 is 17.8 Å². The normalized spacial score (nSPS) is 30.2. The molecule has 7 rings (SSSR count). The lowest BCUT2D eigenvalue weighted by Gasteiger charge is -2.63. The van der Waals surface area contributed by atoms with Crippen LogP contribution >= 0.6 is 0 Å². The molecule has 4 aliphatic rings. The number of carbonyl (C=O) groups excluding carboxylic acids is 2. The van der Waals surface area contributed by atoms with Crippen molar-refractivity contribution in [3.8, 4) is 11.5 Å². The van der Waals surface area contributed by atoms with E-state index < -0.39 is 23.2 Å². The van der Waals surface area contributed by atoms with Gasteiger partial charge in [-0.25, -0.2) is 0 Å². The molecule has 2 N–H and O–H groups in total. The molecule has 3 aromatic rings. The largest absolute Gasteiger partial charge is 0.504 e. The number of piperidine rings is 1. The van der Waals surface area contributed by atoms with Crippen molar-refractivity contribution in [3.05, 3.63) is 89.4 Å². The van der Waals surface area contributed by atoms with E-state index in [2.05, 4.69) is 17.0 Å². The highest BCUT2D eigenvalue weighted by atomic mass is 16.5. The molecule has 2 bridgehead atoms. The van der Waals surface area contributed by atoms with E-state index in [0.717, 1.165) is 12.0 Å². The first-order valence-electron chi connectivity index (χ1n) is 13.9. The third kappa shape index (κ3) is 3.39. The number of ketones is 1. The zero-order chi connectivity index (χ0) is 27.6. The van der Waals surface area contributed by atoms with E-state index >= 15 is 0 Å². The van der Waals surface area contributed by atoms with Gasteiger partial charge in [-0.2, -0.15) is 0 Å². The molecular weight excluding hydrogens is 508 g/mol. The highest BCUT2D eigenvalue weighted by molar-refractivity contribution is 6.06. The maximum atomic E-state index is 14.1. The van der Waals surface area contributed by atoms with Crippen LogP contribution in [0.15, 0.2) is 71.6 Å². The minimum Gasteiger partial charge on any atom is -0.504 e. The van der Waals surface area contributed by atoms with Crippen LogP contribution in [-0.4, -0.2) is 75.6 Å². The SMILES string of the molecule is CN(C(=O)/C=C/c1ccoc1)C1CC[C@@]2(O)[C@H]3C(=O)c4ccc(O)c5c4[C@@]2(CCN3CCc2ccccc2)C1O5. The Labute approximate surface area is 232 Å². The van der Waals surface area contributed by atoms with Crippen molar-refractivity contribution in [2.24, 2.45) is 0 Å². The molecule has 40 heavy (non-hydrogen) atoms. The molecule has 2 aliphatic carbocycles. The first-order chi connectivity index (χ1) is 19.3. The van der Waals surface area contributed by atoms with Crippen molar-refractivity contribution in [2.45, 2.75) is 54.9 Å². The molecule has 3 heterocycles. The Balaban J connectivity index is 1.26. The van der Waals surface area contributed by atoms with Gasteiger partial charge in [0, 0.05) is 42.9 Å². The fourth-order valence-corrected chi connectivity index (χ4v) is 7.84. The molecule has 1 saturated carbocycles. The van der Waals surface area contributed by atoms with Crippen molar-refractivity contribution in [3.63, 3.8) is 0 Å². The number of aliphatic hydroxyl groups is 1. The predicted octanol–water partition coefficient (Wildman–Crippen LogP) is 3.56. The summed E-state index contributed by atoms with van der Waals surface area (Å²) in [5, 5.41) is 23.5. The molecule has 1 saturated heterocycles. The van der Waals surface area contributed by atoms with Gasteiger partial charge in [-0.05, 0) is 55.5 Å². The number of furan rings is 1. The Kier molecular flexibility index (Phi) is 5.70. The molecule has 1 amide bonds. The quantitative estimate of drug-likeness (QED) is 0.461. The monoisotopic (exact) mass is 540 g/mol. The van der Waals surface area contributed by atoms with Crippen molar-refractivity contribution in [1.29, 1.82) is 0 Å². The van der Waals surface area contributed by atoms with Gasteiger partial charge in [0.25, 0.3) is 0 Å². The zero-order valence-corrected chi connectivity index (χ0v) is 22.3. The van der Waals surface area contributed by atoms with Crippen LogP contribution in [0.2, 0.25) is 0 Å². The van der Waals surface area contributed by atoms with Gasteiger partial charge < -0.3 is 24.3 Å². The van der Waals surface area contributed by atoms with Crippen molar-refractivity contribution in [1.82, 2.24) is 9.80 Å². The maximum Gasteiger partial charge on any atom is 0.246 e. The van der Waals surface area contributed by atoms with Gasteiger partial charge in [-0.1, -0.05) is 30.3 Å². The summed E-state index contributed by atoms with van der Waals surface area (Å²) in [5.74, 6) is -0.0968. The number of benzene rings is 2. The second-order valence-corrected chi connectivity index (χ2v) is 11.5. The van der Waals surface area contributed by atoms with E-state index in [4.69, 9.17) is 9.15 Å². The molecule has 8 heteroatoms. The van der Waals surface area contributed by atoms with Crippen LogP contribution in [0.25, 0.3) is 6.08 Å². The maximum absolute atomic E-state index is 14.1. The fraction of sp³-hybridized carbons (Fsp3) is 0.375. The molecule has 8 nitrogen and oxygen atoms in total. The van der Waals surface area contributed by atoms with Crippen LogP contribution in [0.5, 0.6) is 11.5 Å². The highest BCUT2D eigenvalue weighted by Crippen LogP contribution is 2.65. The van der Waals surface area contributed by atoms with Crippen molar-refractivity contribution in [2.75, 3.05) is 20.1 Å². The van der Waals surface area contributed by atoms with E-state index in [1.807, 2.05) is 18.2 Å². The molecule has 2 aliphatic heterocycles. The number of phenolic OH excluding ortho intramolecular Hbond substituents is 1. The van der Waals surface area contributed by atoms with Crippen LogP contribution in [0.1, 0.15) is 46.3 Å². The number of hydrogen-bond acceptors (Lipinski definition) is 7. The summed E-state index contributed by atoms with van der Waals surface area (Å²) < 4.78 is 11.6. The van der Waals surface area contributed by atoms with Crippen LogP contribution < -0.4 is 4.74 Å². The average Bonchev–Trinajstić information content (AvgIpc) is 3.60. The number of likely N-dealkylation sites (N-methyl/N-ethyl adjacent to an activating group) is 1. The molecule has 0 radical (unpaired) electrons. The van der Waals surface area contributed by atoms with Gasteiger partial charge in [0.1, 0.15) is 17.7 Å². The van der Waals surface area contributed by atoms with E-state index in [9.17, 15) is 19.8 Å². The summed E-state index contributed by atoms with van der Waals surface area (Å²) in [4.78, 5) is 31.2. The summed E-state index contributed by atoms with van der Waals surface area (Å²) in [6.45, 7) is 1.25. The minimum atomic E-state index is -1.39. The number of phenols is 1. The number of aromatic hydroxyl groups is 1. The van der Waals surface area contributed by atoms with E-state index in [0.29, 0.717) is 43.5 Å². The van der Waals surface area contributed by atoms with Crippen LogP contribution in [0.3, 0.4) is 0 Å². The Bertz CT molecular complexity index is 1500. The van der Waals surface area contributed by atoms with Gasteiger partial charge in [0.2, 0.25) is 5.91 Å².